The number of piperazine rings is 1. The summed E-state index contributed by atoms with van der Waals surface area (Å²) in [5, 5.41) is 3.41. The highest BCUT2D eigenvalue weighted by atomic mass is 16.2. The number of hydrogen-bond donors (Lipinski definition) is 2. The van der Waals surface area contributed by atoms with Crippen molar-refractivity contribution in [3.8, 4) is 0 Å². The van der Waals surface area contributed by atoms with Crippen LogP contribution in [0.3, 0.4) is 0 Å². The molecule has 6 nitrogen and oxygen atoms in total. The summed E-state index contributed by atoms with van der Waals surface area (Å²) in [5.41, 5.74) is 10.7. The largest absolute Gasteiger partial charge is 0.350 e. The molecule has 1 fully saturated rings. The molecular formula is C18H23N5O. The summed E-state index contributed by atoms with van der Waals surface area (Å²) in [7, 11) is 0. The Morgan fingerprint density at radius 2 is 1.54 bits per heavy atom. The number of urea groups is 1. The number of benzene rings is 2. The van der Waals surface area contributed by atoms with E-state index in [1.54, 1.807) is 0 Å². The molecule has 1 aliphatic heterocycles. The Labute approximate surface area is 142 Å². The van der Waals surface area contributed by atoms with Crippen molar-refractivity contribution < 1.29 is 4.79 Å². The van der Waals surface area contributed by atoms with E-state index in [9.17, 15) is 4.79 Å². The maximum Gasteiger partial charge on any atom is 0.335 e. The van der Waals surface area contributed by atoms with Gasteiger partial charge < -0.3 is 5.73 Å². The molecule has 1 heterocycles. The number of rotatable bonds is 5. The second kappa shape index (κ2) is 7.92. The normalized spacial score (nSPS) is 16.0. The highest BCUT2D eigenvalue weighted by Gasteiger charge is 2.21. The summed E-state index contributed by atoms with van der Waals surface area (Å²) in [5.74, 6) is 0. The molecule has 0 aliphatic carbocycles. The van der Waals surface area contributed by atoms with Crippen molar-refractivity contribution in [2.24, 2.45) is 5.73 Å². The van der Waals surface area contributed by atoms with E-state index in [0.717, 1.165) is 38.4 Å². The second-order valence-corrected chi connectivity index (χ2v) is 5.86. The van der Waals surface area contributed by atoms with Crippen molar-refractivity contribution in [3.63, 3.8) is 0 Å². The van der Waals surface area contributed by atoms with Gasteiger partial charge in [-0.05, 0) is 17.7 Å². The number of hydrogen-bond acceptors (Lipinski definition) is 4. The van der Waals surface area contributed by atoms with Crippen LogP contribution >= 0.6 is 0 Å². The minimum absolute atomic E-state index is 0.520. The molecule has 0 atom stereocenters. The van der Waals surface area contributed by atoms with Gasteiger partial charge in [-0.3, -0.25) is 4.90 Å². The van der Waals surface area contributed by atoms with E-state index >= 15 is 0 Å². The Hall–Kier alpha value is -2.41. The van der Waals surface area contributed by atoms with Crippen molar-refractivity contribution in [1.82, 2.24) is 15.4 Å². The molecule has 0 radical (unpaired) electrons. The van der Waals surface area contributed by atoms with Crippen LogP contribution in [0.1, 0.15) is 5.56 Å². The zero-order valence-electron chi connectivity index (χ0n) is 13.6. The summed E-state index contributed by atoms with van der Waals surface area (Å²) in [6.07, 6.45) is 0. The van der Waals surface area contributed by atoms with Crippen LogP contribution in [0.25, 0.3) is 0 Å². The maximum absolute atomic E-state index is 11.7. The average Bonchev–Trinajstić information content (AvgIpc) is 2.62. The lowest BCUT2D eigenvalue weighted by Crippen LogP contribution is -2.59. The van der Waals surface area contributed by atoms with Crippen LogP contribution in [0.2, 0.25) is 0 Å². The zero-order valence-corrected chi connectivity index (χ0v) is 13.6. The number of amides is 2. The smallest absolute Gasteiger partial charge is 0.335 e. The Morgan fingerprint density at radius 1 is 0.958 bits per heavy atom. The first kappa shape index (κ1) is 16.4. The Balaban J connectivity index is 1.53. The maximum atomic E-state index is 11.7. The molecular weight excluding hydrogens is 302 g/mol. The summed E-state index contributed by atoms with van der Waals surface area (Å²) in [4.78, 5) is 14.1. The molecule has 0 aromatic heterocycles. The zero-order chi connectivity index (χ0) is 16.8. The molecule has 3 rings (SSSR count). The lowest BCUT2D eigenvalue weighted by Gasteiger charge is -2.37. The van der Waals surface area contributed by atoms with Gasteiger partial charge in [-0.25, -0.2) is 14.8 Å². The molecule has 24 heavy (non-hydrogen) atoms. The number of nitrogens with zero attached hydrogens (tertiary/aromatic N) is 3. The molecule has 3 N–H and O–H groups in total. The minimum atomic E-state index is -0.520. The first-order valence-electron chi connectivity index (χ1n) is 8.14. The number of nitrogens with two attached hydrogens (primary N) is 1. The SMILES string of the molecule is NC(=O)N(NN1CCN(Cc2ccccc2)CC1)c1ccccc1. The topological polar surface area (TPSA) is 64.8 Å². The quantitative estimate of drug-likeness (QED) is 0.823. The van der Waals surface area contributed by atoms with Gasteiger partial charge in [-0.2, -0.15) is 5.53 Å². The predicted molar refractivity (Wildman–Crippen MR) is 94.9 cm³/mol. The van der Waals surface area contributed by atoms with E-state index in [0.29, 0.717) is 0 Å². The van der Waals surface area contributed by atoms with Crippen LogP contribution in [0.5, 0.6) is 0 Å². The highest BCUT2D eigenvalue weighted by molar-refractivity contribution is 5.89. The number of para-hydroxylation sites is 1. The molecule has 1 aliphatic rings. The number of carbonyl (C=O) groups excluding carboxylic acids is 1. The minimum Gasteiger partial charge on any atom is -0.350 e. The van der Waals surface area contributed by atoms with Crippen LogP contribution in [0.4, 0.5) is 10.5 Å². The number of primary amides is 1. The van der Waals surface area contributed by atoms with Crippen LogP contribution in [0, 0.1) is 0 Å². The highest BCUT2D eigenvalue weighted by Crippen LogP contribution is 2.12. The molecule has 0 bridgehead atoms. The third-order valence-corrected chi connectivity index (χ3v) is 4.10. The van der Waals surface area contributed by atoms with E-state index in [2.05, 4.69) is 34.7 Å². The monoisotopic (exact) mass is 325 g/mol. The fraction of sp³-hybridized carbons (Fsp3) is 0.278. The van der Waals surface area contributed by atoms with Gasteiger partial charge in [0.1, 0.15) is 0 Å². The standard InChI is InChI=1S/C18H23N5O/c19-18(24)23(17-9-5-2-6-10-17)20-22-13-11-21(12-14-22)15-16-7-3-1-4-8-16/h1-10,20H,11-15H2,(H2,19,24). The molecule has 6 heteroatoms. The number of carbonyl (C=O) groups is 1. The fourth-order valence-corrected chi connectivity index (χ4v) is 2.80. The van der Waals surface area contributed by atoms with Crippen molar-refractivity contribution in [2.75, 3.05) is 31.2 Å². The van der Waals surface area contributed by atoms with Crippen molar-refractivity contribution in [1.29, 1.82) is 0 Å². The van der Waals surface area contributed by atoms with Gasteiger partial charge in [0.15, 0.2) is 0 Å². The third-order valence-electron chi connectivity index (χ3n) is 4.10. The summed E-state index contributed by atoms with van der Waals surface area (Å²) in [6.45, 7) is 4.46. The molecule has 126 valence electrons. The summed E-state index contributed by atoms with van der Waals surface area (Å²) in [6, 6.07) is 19.3. The van der Waals surface area contributed by atoms with Gasteiger partial charge >= 0.3 is 6.03 Å². The Kier molecular flexibility index (Phi) is 5.43. The Morgan fingerprint density at radius 3 is 2.12 bits per heavy atom. The van der Waals surface area contributed by atoms with Crippen LogP contribution in [0.15, 0.2) is 60.7 Å². The number of hydrazine groups is 2. The van der Waals surface area contributed by atoms with Gasteiger partial charge in [0.25, 0.3) is 0 Å². The molecule has 2 aromatic rings. The third kappa shape index (κ3) is 4.32. The first-order chi connectivity index (χ1) is 11.7. The summed E-state index contributed by atoms with van der Waals surface area (Å²) < 4.78 is 0. The molecule has 2 amide bonds. The summed E-state index contributed by atoms with van der Waals surface area (Å²) >= 11 is 0. The van der Waals surface area contributed by atoms with Gasteiger partial charge in [-0.15, -0.1) is 0 Å². The van der Waals surface area contributed by atoms with E-state index in [1.807, 2.05) is 41.4 Å². The first-order valence-corrected chi connectivity index (χ1v) is 8.14. The molecule has 0 unspecified atom stereocenters. The average molecular weight is 325 g/mol. The molecule has 0 saturated carbocycles. The van der Waals surface area contributed by atoms with E-state index < -0.39 is 6.03 Å². The van der Waals surface area contributed by atoms with Gasteiger partial charge in [0, 0.05) is 32.7 Å². The molecule has 0 spiro atoms. The second-order valence-electron chi connectivity index (χ2n) is 5.86. The van der Waals surface area contributed by atoms with E-state index in [-0.39, 0.29) is 0 Å². The van der Waals surface area contributed by atoms with Gasteiger partial charge in [0.2, 0.25) is 0 Å². The lowest BCUT2D eigenvalue weighted by atomic mass is 10.2. The number of nitrogens with one attached hydrogen (secondary N) is 1. The van der Waals surface area contributed by atoms with Crippen LogP contribution < -0.4 is 16.3 Å². The van der Waals surface area contributed by atoms with Crippen molar-refractivity contribution in [3.05, 3.63) is 66.2 Å². The van der Waals surface area contributed by atoms with Crippen LogP contribution in [-0.2, 0) is 6.54 Å². The Bertz CT molecular complexity index is 641. The molecule has 1 saturated heterocycles. The van der Waals surface area contributed by atoms with Crippen LogP contribution in [-0.4, -0.2) is 42.1 Å². The van der Waals surface area contributed by atoms with E-state index in [1.165, 1.54) is 10.6 Å². The number of anilines is 1. The van der Waals surface area contributed by atoms with E-state index in [4.69, 9.17) is 5.73 Å². The molecule has 2 aromatic carbocycles. The van der Waals surface area contributed by atoms with Gasteiger partial charge in [-0.1, -0.05) is 48.5 Å². The predicted octanol–water partition coefficient (Wildman–Crippen LogP) is 1.81. The van der Waals surface area contributed by atoms with Gasteiger partial charge in [0.05, 0.1) is 5.69 Å². The lowest BCUT2D eigenvalue weighted by molar-refractivity contribution is 0.0842. The van der Waals surface area contributed by atoms with Crippen molar-refractivity contribution in [2.45, 2.75) is 6.54 Å². The fourth-order valence-electron chi connectivity index (χ4n) is 2.80. The van der Waals surface area contributed by atoms with Crippen molar-refractivity contribution >= 4 is 11.7 Å².